The Morgan fingerprint density at radius 3 is 2.94 bits per heavy atom. The molecule has 1 aromatic rings. The summed E-state index contributed by atoms with van der Waals surface area (Å²) in [6, 6.07) is 5.44. The second-order valence-corrected chi connectivity index (χ2v) is 5.37. The molecule has 0 aliphatic heterocycles. The van der Waals surface area contributed by atoms with Gasteiger partial charge in [-0.2, -0.15) is 0 Å². The van der Waals surface area contributed by atoms with Gasteiger partial charge in [-0.15, -0.1) is 0 Å². The molecular weight excluding hydrogens is 282 g/mol. The number of hydrogen-bond acceptors (Lipinski definition) is 3. The summed E-state index contributed by atoms with van der Waals surface area (Å²) in [4.78, 5) is 4.44. The second-order valence-electron chi connectivity index (χ2n) is 4.46. The zero-order valence-corrected chi connectivity index (χ0v) is 11.1. The Labute approximate surface area is 109 Å². The van der Waals surface area contributed by atoms with E-state index in [1.54, 1.807) is 18.3 Å². The molecule has 2 rings (SSSR count). The van der Waals surface area contributed by atoms with Gasteiger partial charge in [-0.3, -0.25) is 4.99 Å². The highest BCUT2D eigenvalue weighted by atomic mass is 79.9. The number of aliphatic hydroxyl groups excluding tert-OH is 1. The van der Waals surface area contributed by atoms with Crippen LogP contribution >= 0.6 is 15.9 Å². The van der Waals surface area contributed by atoms with Crippen molar-refractivity contribution in [2.45, 2.75) is 37.8 Å². The summed E-state index contributed by atoms with van der Waals surface area (Å²) in [6.07, 6.45) is 5.13. The summed E-state index contributed by atoms with van der Waals surface area (Å²) in [6.45, 7) is 0. The lowest BCUT2D eigenvalue weighted by Gasteiger charge is -2.22. The first-order valence-corrected chi connectivity index (χ1v) is 6.64. The van der Waals surface area contributed by atoms with Crippen LogP contribution in [0.1, 0.15) is 31.2 Å². The number of phenols is 1. The van der Waals surface area contributed by atoms with E-state index in [-0.39, 0.29) is 17.9 Å². The molecule has 2 atom stereocenters. The minimum absolute atomic E-state index is 0.178. The minimum Gasteiger partial charge on any atom is -0.507 e. The van der Waals surface area contributed by atoms with E-state index in [2.05, 4.69) is 20.9 Å². The average Bonchev–Trinajstić information content (AvgIpc) is 2.30. The maximum atomic E-state index is 9.65. The Kier molecular flexibility index (Phi) is 4.18. The standard InChI is InChI=1S/C13H16BrNO2/c14-10-4-5-13(17)9(6-10)8-15-11-2-1-3-12(16)7-11/h4-6,8,11-12,16-17H,1-3,7H2/t11-,12+/m1/s1. The molecule has 1 aliphatic rings. The molecular formula is C13H16BrNO2. The fourth-order valence-corrected chi connectivity index (χ4v) is 2.47. The molecule has 2 N–H and O–H groups in total. The summed E-state index contributed by atoms with van der Waals surface area (Å²) in [5.41, 5.74) is 0.708. The molecule has 92 valence electrons. The molecule has 1 fully saturated rings. The number of benzene rings is 1. The third-order valence-corrected chi connectivity index (χ3v) is 3.53. The largest absolute Gasteiger partial charge is 0.507 e. The van der Waals surface area contributed by atoms with Crippen molar-refractivity contribution < 1.29 is 10.2 Å². The van der Waals surface area contributed by atoms with E-state index in [1.807, 2.05) is 6.07 Å². The van der Waals surface area contributed by atoms with Crippen molar-refractivity contribution >= 4 is 22.1 Å². The zero-order valence-electron chi connectivity index (χ0n) is 9.51. The van der Waals surface area contributed by atoms with Gasteiger partial charge in [0.25, 0.3) is 0 Å². The van der Waals surface area contributed by atoms with Gasteiger partial charge < -0.3 is 10.2 Å². The number of aliphatic hydroxyl groups is 1. The van der Waals surface area contributed by atoms with E-state index >= 15 is 0 Å². The molecule has 0 unspecified atom stereocenters. The Morgan fingerprint density at radius 2 is 2.18 bits per heavy atom. The quantitative estimate of drug-likeness (QED) is 0.825. The van der Waals surface area contributed by atoms with Crippen LogP contribution in [0, 0.1) is 0 Å². The van der Waals surface area contributed by atoms with Crippen LogP contribution in [0.15, 0.2) is 27.7 Å². The number of nitrogens with zero attached hydrogens (tertiary/aromatic N) is 1. The van der Waals surface area contributed by atoms with Crippen LogP contribution < -0.4 is 0 Å². The molecule has 1 aromatic carbocycles. The van der Waals surface area contributed by atoms with Gasteiger partial charge in [0.2, 0.25) is 0 Å². The summed E-state index contributed by atoms with van der Waals surface area (Å²) < 4.78 is 0.917. The lowest BCUT2D eigenvalue weighted by atomic mass is 9.93. The summed E-state index contributed by atoms with van der Waals surface area (Å²) in [7, 11) is 0. The predicted octanol–water partition coefficient (Wildman–Crippen LogP) is 2.88. The van der Waals surface area contributed by atoms with Crippen LogP contribution in [-0.2, 0) is 0 Å². The molecule has 0 aromatic heterocycles. The monoisotopic (exact) mass is 297 g/mol. The van der Waals surface area contributed by atoms with Crippen molar-refractivity contribution in [3.8, 4) is 5.75 Å². The van der Waals surface area contributed by atoms with Crippen molar-refractivity contribution in [2.24, 2.45) is 4.99 Å². The number of phenolic OH excluding ortho intramolecular Hbond substituents is 1. The van der Waals surface area contributed by atoms with Gasteiger partial charge in [0.05, 0.1) is 12.1 Å². The van der Waals surface area contributed by atoms with Crippen LogP contribution in [-0.4, -0.2) is 28.6 Å². The molecule has 4 heteroatoms. The minimum atomic E-state index is -0.220. The summed E-state index contributed by atoms with van der Waals surface area (Å²) in [5.74, 6) is 0.230. The van der Waals surface area contributed by atoms with E-state index in [9.17, 15) is 10.2 Å². The molecule has 17 heavy (non-hydrogen) atoms. The molecule has 0 spiro atoms. The first-order valence-electron chi connectivity index (χ1n) is 5.85. The van der Waals surface area contributed by atoms with Gasteiger partial charge in [0, 0.05) is 16.3 Å². The Bertz CT molecular complexity index is 420. The Balaban J connectivity index is 2.06. The molecule has 0 amide bonds. The molecule has 0 radical (unpaired) electrons. The SMILES string of the molecule is Oc1ccc(Br)cc1C=N[C@@H]1CCC[C@H](O)C1. The number of halogens is 1. The highest BCUT2D eigenvalue weighted by molar-refractivity contribution is 9.10. The average molecular weight is 298 g/mol. The molecule has 0 saturated heterocycles. The highest BCUT2D eigenvalue weighted by Crippen LogP contribution is 2.23. The lowest BCUT2D eigenvalue weighted by molar-refractivity contribution is 0.121. The summed E-state index contributed by atoms with van der Waals surface area (Å²) in [5, 5.41) is 19.2. The molecule has 0 bridgehead atoms. The third-order valence-electron chi connectivity index (χ3n) is 3.03. The number of hydrogen-bond donors (Lipinski definition) is 2. The van der Waals surface area contributed by atoms with Crippen LogP contribution in [0.4, 0.5) is 0 Å². The van der Waals surface area contributed by atoms with Gasteiger partial charge in [0.1, 0.15) is 5.75 Å². The normalized spacial score (nSPS) is 25.3. The first kappa shape index (κ1) is 12.6. The van der Waals surface area contributed by atoms with E-state index in [0.29, 0.717) is 5.56 Å². The van der Waals surface area contributed by atoms with Gasteiger partial charge in [-0.25, -0.2) is 0 Å². The fraction of sp³-hybridized carbons (Fsp3) is 0.462. The predicted molar refractivity (Wildman–Crippen MR) is 71.7 cm³/mol. The van der Waals surface area contributed by atoms with E-state index < -0.39 is 0 Å². The zero-order chi connectivity index (χ0) is 12.3. The smallest absolute Gasteiger partial charge is 0.124 e. The topological polar surface area (TPSA) is 52.8 Å². The van der Waals surface area contributed by atoms with Crippen LogP contribution in [0.5, 0.6) is 5.75 Å². The molecule has 1 saturated carbocycles. The van der Waals surface area contributed by atoms with Crippen LogP contribution in [0.2, 0.25) is 0 Å². The maximum absolute atomic E-state index is 9.65. The maximum Gasteiger partial charge on any atom is 0.124 e. The molecule has 0 heterocycles. The van der Waals surface area contributed by atoms with E-state index in [4.69, 9.17) is 0 Å². The molecule has 1 aliphatic carbocycles. The van der Waals surface area contributed by atoms with E-state index in [0.717, 1.165) is 30.2 Å². The molecule has 3 nitrogen and oxygen atoms in total. The number of aromatic hydroxyl groups is 1. The first-order chi connectivity index (χ1) is 8.15. The summed E-state index contributed by atoms with van der Waals surface area (Å²) >= 11 is 3.36. The van der Waals surface area contributed by atoms with Crippen molar-refractivity contribution in [1.29, 1.82) is 0 Å². The van der Waals surface area contributed by atoms with Gasteiger partial charge in [-0.05, 0) is 43.9 Å². The number of aliphatic imine (C=N–C) groups is 1. The van der Waals surface area contributed by atoms with Crippen molar-refractivity contribution in [3.63, 3.8) is 0 Å². The van der Waals surface area contributed by atoms with Crippen LogP contribution in [0.25, 0.3) is 0 Å². The van der Waals surface area contributed by atoms with Crippen molar-refractivity contribution in [2.75, 3.05) is 0 Å². The van der Waals surface area contributed by atoms with Crippen molar-refractivity contribution in [1.82, 2.24) is 0 Å². The van der Waals surface area contributed by atoms with E-state index in [1.165, 1.54) is 0 Å². The number of rotatable bonds is 2. The Morgan fingerprint density at radius 1 is 1.35 bits per heavy atom. The highest BCUT2D eigenvalue weighted by Gasteiger charge is 2.18. The Hall–Kier alpha value is -0.870. The van der Waals surface area contributed by atoms with Gasteiger partial charge in [-0.1, -0.05) is 15.9 Å². The van der Waals surface area contributed by atoms with Crippen molar-refractivity contribution in [3.05, 3.63) is 28.2 Å². The van der Waals surface area contributed by atoms with Gasteiger partial charge >= 0.3 is 0 Å². The second kappa shape index (κ2) is 5.65. The van der Waals surface area contributed by atoms with Crippen LogP contribution in [0.3, 0.4) is 0 Å². The lowest BCUT2D eigenvalue weighted by Crippen LogP contribution is -2.22. The van der Waals surface area contributed by atoms with Gasteiger partial charge in [0.15, 0.2) is 0 Å². The fourth-order valence-electron chi connectivity index (χ4n) is 2.09. The third kappa shape index (κ3) is 3.54.